The van der Waals surface area contributed by atoms with Crippen LogP contribution in [0.1, 0.15) is 59.4 Å². The van der Waals surface area contributed by atoms with Crippen molar-refractivity contribution in [2.75, 3.05) is 5.32 Å². The summed E-state index contributed by atoms with van der Waals surface area (Å²) >= 11 is 0. The molecule has 0 saturated carbocycles. The van der Waals surface area contributed by atoms with Crippen LogP contribution in [0.25, 0.3) is 0 Å². The zero-order chi connectivity index (χ0) is 24.6. The maximum absolute atomic E-state index is 12.3. The first-order chi connectivity index (χ1) is 15.5. The molecule has 5 heteroatoms. The van der Waals surface area contributed by atoms with Gasteiger partial charge in [-0.25, -0.2) is 0 Å². The van der Waals surface area contributed by atoms with Crippen molar-refractivity contribution in [3.05, 3.63) is 82.5 Å². The van der Waals surface area contributed by atoms with E-state index in [1.165, 1.54) is 54.7 Å². The van der Waals surface area contributed by atoms with Crippen LogP contribution in [-0.2, 0) is 16.0 Å². The molecule has 1 aliphatic rings. The molecule has 0 unspecified atom stereocenters. The number of carbonyl (C=O) groups is 2. The maximum Gasteiger partial charge on any atom is 0.307 e. The Labute approximate surface area is 196 Å². The fourth-order valence-electron chi connectivity index (χ4n) is 4.03. The molecular weight excluding hydrogens is 414 g/mol. The van der Waals surface area contributed by atoms with Crippen molar-refractivity contribution in [3.63, 3.8) is 0 Å². The first-order valence-corrected chi connectivity index (χ1v) is 11.2. The van der Waals surface area contributed by atoms with Gasteiger partial charge >= 0.3 is 5.97 Å². The molecule has 0 spiro atoms. The van der Waals surface area contributed by atoms with E-state index in [0.717, 1.165) is 11.1 Å². The van der Waals surface area contributed by atoms with Gasteiger partial charge in [-0.3, -0.25) is 9.59 Å². The predicted octanol–water partition coefficient (Wildman–Crippen LogP) is 6.49. The molecule has 0 heterocycles. The number of carboxylic acid groups (broad SMARTS) is 1. The van der Waals surface area contributed by atoms with E-state index in [2.05, 4.69) is 45.2 Å². The van der Waals surface area contributed by atoms with E-state index in [-0.39, 0.29) is 29.1 Å². The molecule has 3 N–H and O–H groups in total. The second-order valence-electron chi connectivity index (χ2n) is 9.33. The van der Waals surface area contributed by atoms with Gasteiger partial charge in [0.1, 0.15) is 5.75 Å². The fourth-order valence-corrected chi connectivity index (χ4v) is 4.03. The van der Waals surface area contributed by atoms with Crippen LogP contribution in [0.15, 0.2) is 76.9 Å². The Morgan fingerprint density at radius 2 is 1.88 bits per heavy atom. The number of anilines is 1. The van der Waals surface area contributed by atoms with Gasteiger partial charge in [0, 0.05) is 17.3 Å². The molecule has 0 aliphatic heterocycles. The predicted molar refractivity (Wildman–Crippen MR) is 134 cm³/mol. The zero-order valence-corrected chi connectivity index (χ0v) is 20.2. The van der Waals surface area contributed by atoms with Crippen LogP contribution in [0.5, 0.6) is 5.75 Å². The third-order valence-corrected chi connectivity index (χ3v) is 5.82. The number of amides is 1. The summed E-state index contributed by atoms with van der Waals surface area (Å²) in [5.41, 5.74) is 5.69. The van der Waals surface area contributed by atoms with Crippen molar-refractivity contribution in [2.24, 2.45) is 5.41 Å². The molecule has 1 amide bonds. The number of aliphatic carboxylic acids is 1. The minimum Gasteiger partial charge on any atom is -0.508 e. The van der Waals surface area contributed by atoms with Gasteiger partial charge in [0.05, 0.1) is 6.42 Å². The minimum absolute atomic E-state index is 0.111. The summed E-state index contributed by atoms with van der Waals surface area (Å²) in [6.07, 6.45) is 14.9. The van der Waals surface area contributed by atoms with Gasteiger partial charge in [0.15, 0.2) is 0 Å². The maximum atomic E-state index is 12.3. The van der Waals surface area contributed by atoms with Crippen molar-refractivity contribution in [1.29, 1.82) is 0 Å². The Balaban J connectivity index is 1.99. The summed E-state index contributed by atoms with van der Waals surface area (Å²) < 4.78 is 0. The van der Waals surface area contributed by atoms with E-state index < -0.39 is 5.97 Å². The van der Waals surface area contributed by atoms with E-state index in [4.69, 9.17) is 5.11 Å². The quantitative estimate of drug-likeness (QED) is 0.240. The molecule has 5 nitrogen and oxygen atoms in total. The Morgan fingerprint density at radius 1 is 1.15 bits per heavy atom. The van der Waals surface area contributed by atoms with Crippen molar-refractivity contribution in [3.8, 4) is 5.75 Å². The molecule has 176 valence electrons. The smallest absolute Gasteiger partial charge is 0.307 e. The van der Waals surface area contributed by atoms with E-state index >= 15 is 0 Å². The number of rotatable bonds is 8. The second-order valence-corrected chi connectivity index (χ2v) is 9.33. The Hall–Kier alpha value is -3.34. The van der Waals surface area contributed by atoms with Crippen LogP contribution >= 0.6 is 0 Å². The number of carbonyl (C=O) groups excluding carboxylic acids is 1. The summed E-state index contributed by atoms with van der Waals surface area (Å²) in [6, 6.07) is 4.36. The molecule has 0 saturated heterocycles. The van der Waals surface area contributed by atoms with Crippen LogP contribution in [-0.4, -0.2) is 22.1 Å². The molecule has 1 aromatic rings. The first kappa shape index (κ1) is 25.9. The van der Waals surface area contributed by atoms with Gasteiger partial charge < -0.3 is 15.5 Å². The van der Waals surface area contributed by atoms with Crippen LogP contribution < -0.4 is 5.32 Å². The van der Waals surface area contributed by atoms with Gasteiger partial charge in [-0.05, 0) is 74.8 Å². The number of carboxylic acids is 1. The van der Waals surface area contributed by atoms with E-state index in [1.807, 2.05) is 25.2 Å². The Bertz CT molecular complexity index is 1050. The molecule has 2 rings (SSSR count). The summed E-state index contributed by atoms with van der Waals surface area (Å²) in [5, 5.41) is 21.4. The number of phenols is 1. The lowest BCUT2D eigenvalue weighted by atomic mass is 9.72. The van der Waals surface area contributed by atoms with E-state index in [0.29, 0.717) is 5.69 Å². The highest BCUT2D eigenvalue weighted by atomic mass is 16.4. The van der Waals surface area contributed by atoms with Crippen molar-refractivity contribution < 1.29 is 19.8 Å². The monoisotopic (exact) mass is 449 g/mol. The van der Waals surface area contributed by atoms with Gasteiger partial charge in [0.2, 0.25) is 5.91 Å². The van der Waals surface area contributed by atoms with Gasteiger partial charge in [-0.1, -0.05) is 55.4 Å². The van der Waals surface area contributed by atoms with Gasteiger partial charge in [0.25, 0.3) is 0 Å². The first-order valence-electron chi connectivity index (χ1n) is 11.2. The van der Waals surface area contributed by atoms with Crippen LogP contribution in [0.4, 0.5) is 5.69 Å². The molecule has 33 heavy (non-hydrogen) atoms. The Kier molecular flexibility index (Phi) is 9.03. The van der Waals surface area contributed by atoms with Crippen LogP contribution in [0.2, 0.25) is 0 Å². The summed E-state index contributed by atoms with van der Waals surface area (Å²) in [5.74, 6) is -1.49. The van der Waals surface area contributed by atoms with Crippen LogP contribution in [0, 0.1) is 5.41 Å². The molecule has 1 aromatic carbocycles. The molecule has 0 radical (unpaired) electrons. The zero-order valence-electron chi connectivity index (χ0n) is 20.2. The third-order valence-electron chi connectivity index (χ3n) is 5.82. The average Bonchev–Trinajstić information content (AvgIpc) is 2.69. The standard InChI is InChI=1S/C28H35NO4/c1-19(11-13-24-21(3)10-7-15-28(24,4)5)8-6-9-20(2)16-26(31)29-23-12-14-25(30)22(17-23)18-27(32)33/h6,8-9,11-14,16-17,30H,7,10,15,18H2,1-5H3,(H,29,31)(H,32,33). The number of nitrogens with one attached hydrogen (secondary N) is 1. The topological polar surface area (TPSA) is 86.6 Å². The average molecular weight is 450 g/mol. The highest BCUT2D eigenvalue weighted by Gasteiger charge is 2.26. The molecule has 0 bridgehead atoms. The normalized spacial score (nSPS) is 17.1. The lowest BCUT2D eigenvalue weighted by molar-refractivity contribution is -0.136. The van der Waals surface area contributed by atoms with Crippen molar-refractivity contribution >= 4 is 17.6 Å². The SMILES string of the molecule is CC(C=CC1=C(C)CCCC1(C)C)=CC=CC(C)=CC(=O)Nc1ccc(O)c(CC(=O)O)c1. The van der Waals surface area contributed by atoms with Gasteiger partial charge in [-0.2, -0.15) is 0 Å². The number of allylic oxidation sites excluding steroid dienone is 9. The molecular formula is C28H35NO4. The van der Waals surface area contributed by atoms with Crippen LogP contribution in [0.3, 0.4) is 0 Å². The lowest BCUT2D eigenvalue weighted by Gasteiger charge is -2.32. The highest BCUT2D eigenvalue weighted by molar-refractivity contribution is 6.00. The second kappa shape index (κ2) is 11.5. The number of hydrogen-bond donors (Lipinski definition) is 3. The molecule has 0 fully saturated rings. The Morgan fingerprint density at radius 3 is 2.55 bits per heavy atom. The highest BCUT2D eigenvalue weighted by Crippen LogP contribution is 2.40. The number of aromatic hydroxyl groups is 1. The molecule has 0 atom stereocenters. The van der Waals surface area contributed by atoms with E-state index in [1.54, 1.807) is 0 Å². The van der Waals surface area contributed by atoms with E-state index in [9.17, 15) is 14.7 Å². The fraction of sp³-hybridized carbons (Fsp3) is 0.357. The third kappa shape index (κ3) is 8.26. The van der Waals surface area contributed by atoms with Crippen molar-refractivity contribution in [2.45, 2.75) is 60.3 Å². The largest absolute Gasteiger partial charge is 0.508 e. The summed E-state index contributed by atoms with van der Waals surface area (Å²) in [7, 11) is 0. The molecule has 0 aromatic heterocycles. The number of hydrogen-bond acceptors (Lipinski definition) is 3. The van der Waals surface area contributed by atoms with Crippen molar-refractivity contribution in [1.82, 2.24) is 0 Å². The molecule has 1 aliphatic carbocycles. The minimum atomic E-state index is -1.05. The number of phenolic OH excluding ortho intramolecular Hbond substituents is 1. The number of benzene rings is 1. The lowest BCUT2D eigenvalue weighted by Crippen LogP contribution is -2.19. The summed E-state index contributed by atoms with van der Waals surface area (Å²) in [4.78, 5) is 23.2. The summed E-state index contributed by atoms with van der Waals surface area (Å²) in [6.45, 7) is 10.7. The van der Waals surface area contributed by atoms with Gasteiger partial charge in [-0.15, -0.1) is 0 Å².